The Kier molecular flexibility index (Phi) is 7.07. The van der Waals surface area contributed by atoms with Gasteiger partial charge < -0.3 is 14.5 Å². The molecule has 0 atom stereocenters. The van der Waals surface area contributed by atoms with Gasteiger partial charge in [0, 0.05) is 21.6 Å². The molecule has 1 N–H and O–H groups in total. The number of hydrogen-bond acceptors (Lipinski definition) is 6. The van der Waals surface area contributed by atoms with Crippen LogP contribution in [-0.2, 0) is 16.3 Å². The van der Waals surface area contributed by atoms with Crippen LogP contribution in [0.5, 0.6) is 5.75 Å². The number of ether oxygens (including phenoxy) is 1. The number of nitrogens with one attached hydrogen (secondary N) is 1. The predicted molar refractivity (Wildman–Crippen MR) is 132 cm³/mol. The van der Waals surface area contributed by atoms with Gasteiger partial charge in [-0.05, 0) is 72.6 Å². The molecule has 0 spiro atoms. The Bertz CT molecular complexity index is 1340. The molecule has 1 aromatic heterocycles. The van der Waals surface area contributed by atoms with Crippen molar-refractivity contribution in [3.8, 4) is 17.2 Å². The number of oxazole rings is 1. The molecule has 0 radical (unpaired) electrons. The molecule has 4 rings (SSSR count). The fourth-order valence-corrected chi connectivity index (χ4v) is 4.82. The van der Waals surface area contributed by atoms with Gasteiger partial charge >= 0.3 is 0 Å². The van der Waals surface area contributed by atoms with Crippen LogP contribution < -0.4 is 10.1 Å². The first-order chi connectivity index (χ1) is 15.9. The number of nitrogens with zero attached hydrogens (tertiary/aromatic N) is 1. The quantitative estimate of drug-likeness (QED) is 0.281. The van der Waals surface area contributed by atoms with E-state index in [0.717, 1.165) is 15.8 Å². The minimum Gasteiger partial charge on any atom is -0.497 e. The summed E-state index contributed by atoms with van der Waals surface area (Å²) in [6.07, 6.45) is 0.652. The number of halogens is 2. The van der Waals surface area contributed by atoms with Crippen molar-refractivity contribution in [2.75, 3.05) is 19.0 Å². The van der Waals surface area contributed by atoms with Crippen LogP contribution in [0, 0.1) is 0 Å². The monoisotopic (exact) mass is 546 g/mol. The molecular weight excluding hydrogens is 528 g/mol. The van der Waals surface area contributed by atoms with Gasteiger partial charge in [-0.1, -0.05) is 39.7 Å². The maximum atomic E-state index is 13.4. The number of sulfone groups is 1. The Morgan fingerprint density at radius 2 is 1.67 bits per heavy atom. The second kappa shape index (κ2) is 9.99. The van der Waals surface area contributed by atoms with Gasteiger partial charge in [0.2, 0.25) is 26.6 Å². The van der Waals surface area contributed by atoms with Crippen molar-refractivity contribution in [2.24, 2.45) is 0 Å². The van der Waals surface area contributed by atoms with Gasteiger partial charge in [-0.3, -0.25) is 0 Å². The number of aromatic nitrogens is 1. The molecule has 3 aromatic carbocycles. The molecule has 0 aliphatic rings. The number of benzene rings is 3. The van der Waals surface area contributed by atoms with E-state index in [1.807, 2.05) is 24.3 Å². The zero-order valence-electron chi connectivity index (χ0n) is 17.6. The molecule has 0 fully saturated rings. The molecule has 0 bridgehead atoms. The lowest BCUT2D eigenvalue weighted by molar-refractivity contribution is 0.414. The first-order valence-corrected chi connectivity index (χ1v) is 12.7. The normalized spacial score (nSPS) is 11.4. The Morgan fingerprint density at radius 3 is 2.30 bits per heavy atom. The van der Waals surface area contributed by atoms with Gasteiger partial charge in [0.25, 0.3) is 0 Å². The van der Waals surface area contributed by atoms with Crippen molar-refractivity contribution >= 4 is 43.3 Å². The van der Waals surface area contributed by atoms with Gasteiger partial charge in [-0.15, -0.1) is 0 Å². The molecule has 0 amide bonds. The zero-order valence-corrected chi connectivity index (χ0v) is 20.7. The van der Waals surface area contributed by atoms with Crippen LogP contribution in [0.15, 0.2) is 91.6 Å². The van der Waals surface area contributed by atoms with E-state index >= 15 is 0 Å². The second-order valence-corrected chi connectivity index (χ2v) is 10.4. The lowest BCUT2D eigenvalue weighted by Gasteiger charge is -2.07. The molecule has 0 aliphatic carbocycles. The standard InChI is InChI=1S/C24H20BrClN2O4S/c1-31-20-10-2-16(3-11-20)14-15-27-23-24(33(29,30)21-12-6-18(25)7-13-21)28-22(32-23)17-4-8-19(26)9-5-17/h2-13,27H,14-15H2,1H3. The molecule has 33 heavy (non-hydrogen) atoms. The highest BCUT2D eigenvalue weighted by Gasteiger charge is 2.28. The third-order valence-corrected chi connectivity index (χ3v) is 7.38. The number of methoxy groups -OCH3 is 1. The van der Waals surface area contributed by atoms with Crippen LogP contribution in [-0.4, -0.2) is 27.1 Å². The zero-order chi connectivity index (χ0) is 23.4. The summed E-state index contributed by atoms with van der Waals surface area (Å²) in [6.45, 7) is 0.449. The summed E-state index contributed by atoms with van der Waals surface area (Å²) in [5, 5.41) is 3.50. The van der Waals surface area contributed by atoms with Crippen molar-refractivity contribution in [3.05, 3.63) is 87.9 Å². The Balaban J connectivity index is 1.64. The van der Waals surface area contributed by atoms with Crippen molar-refractivity contribution in [1.82, 2.24) is 4.98 Å². The van der Waals surface area contributed by atoms with E-state index < -0.39 is 9.84 Å². The summed E-state index contributed by atoms with van der Waals surface area (Å²) >= 11 is 9.30. The smallest absolute Gasteiger partial charge is 0.233 e. The molecule has 0 saturated carbocycles. The number of anilines is 1. The average molecular weight is 548 g/mol. The van der Waals surface area contributed by atoms with Crippen molar-refractivity contribution in [2.45, 2.75) is 16.3 Å². The third-order valence-electron chi connectivity index (χ3n) is 4.92. The molecule has 170 valence electrons. The van der Waals surface area contributed by atoms with Gasteiger partial charge in [0.05, 0.1) is 12.0 Å². The summed E-state index contributed by atoms with van der Waals surface area (Å²) in [5.41, 5.74) is 1.69. The van der Waals surface area contributed by atoms with Crippen LogP contribution >= 0.6 is 27.5 Å². The van der Waals surface area contributed by atoms with Gasteiger partial charge in [-0.2, -0.15) is 4.98 Å². The Morgan fingerprint density at radius 1 is 1.00 bits per heavy atom. The van der Waals surface area contributed by atoms with Crippen LogP contribution in [0.1, 0.15) is 5.56 Å². The first kappa shape index (κ1) is 23.4. The van der Waals surface area contributed by atoms with E-state index in [1.165, 1.54) is 12.1 Å². The summed E-state index contributed by atoms with van der Waals surface area (Å²) in [7, 11) is -2.30. The van der Waals surface area contributed by atoms with Crippen molar-refractivity contribution in [1.29, 1.82) is 0 Å². The molecular formula is C24H20BrClN2O4S. The summed E-state index contributed by atoms with van der Waals surface area (Å²) in [4.78, 5) is 4.47. The predicted octanol–water partition coefficient (Wildman–Crippen LogP) is 6.25. The molecule has 1 heterocycles. The van der Waals surface area contributed by atoms with Gasteiger partial charge in [0.1, 0.15) is 5.75 Å². The number of rotatable bonds is 8. The average Bonchev–Trinajstić information content (AvgIpc) is 3.25. The van der Waals surface area contributed by atoms with E-state index in [2.05, 4.69) is 26.2 Å². The van der Waals surface area contributed by atoms with Crippen LogP contribution in [0.4, 0.5) is 5.88 Å². The van der Waals surface area contributed by atoms with Gasteiger partial charge in [0.15, 0.2) is 0 Å². The van der Waals surface area contributed by atoms with E-state index in [1.54, 1.807) is 43.5 Å². The highest BCUT2D eigenvalue weighted by Crippen LogP contribution is 2.33. The highest BCUT2D eigenvalue weighted by atomic mass is 79.9. The fraction of sp³-hybridized carbons (Fsp3) is 0.125. The van der Waals surface area contributed by atoms with Crippen LogP contribution in [0.25, 0.3) is 11.5 Å². The topological polar surface area (TPSA) is 81.4 Å². The maximum Gasteiger partial charge on any atom is 0.233 e. The molecule has 9 heteroatoms. The molecule has 6 nitrogen and oxygen atoms in total. The van der Waals surface area contributed by atoms with Crippen LogP contribution in [0.2, 0.25) is 5.02 Å². The fourth-order valence-electron chi connectivity index (χ4n) is 3.15. The lowest BCUT2D eigenvalue weighted by atomic mass is 10.1. The van der Waals surface area contributed by atoms with E-state index in [4.69, 9.17) is 20.8 Å². The van der Waals surface area contributed by atoms with Gasteiger partial charge in [-0.25, -0.2) is 8.42 Å². The third kappa shape index (κ3) is 5.40. The molecule has 4 aromatic rings. The van der Waals surface area contributed by atoms with E-state index in [-0.39, 0.29) is 21.7 Å². The maximum absolute atomic E-state index is 13.4. The van der Waals surface area contributed by atoms with Crippen molar-refractivity contribution in [3.63, 3.8) is 0 Å². The summed E-state index contributed by atoms with van der Waals surface area (Å²) in [6, 6.07) is 20.9. The minimum atomic E-state index is -3.92. The summed E-state index contributed by atoms with van der Waals surface area (Å²) < 4.78 is 38.5. The Labute approximate surface area is 205 Å². The SMILES string of the molecule is COc1ccc(CCNc2oc(-c3ccc(Cl)cc3)nc2S(=O)(=O)c2ccc(Br)cc2)cc1. The largest absolute Gasteiger partial charge is 0.497 e. The van der Waals surface area contributed by atoms with E-state index in [0.29, 0.717) is 23.6 Å². The Hall–Kier alpha value is -2.81. The molecule has 0 saturated heterocycles. The summed E-state index contributed by atoms with van der Waals surface area (Å²) in [5.74, 6) is 1.06. The lowest BCUT2D eigenvalue weighted by Crippen LogP contribution is -2.09. The molecule has 0 unspecified atom stereocenters. The second-order valence-electron chi connectivity index (χ2n) is 7.14. The molecule has 0 aliphatic heterocycles. The van der Waals surface area contributed by atoms with Crippen LogP contribution in [0.3, 0.4) is 0 Å². The number of hydrogen-bond donors (Lipinski definition) is 1. The highest BCUT2D eigenvalue weighted by molar-refractivity contribution is 9.10. The first-order valence-electron chi connectivity index (χ1n) is 10.0. The van der Waals surface area contributed by atoms with Crippen molar-refractivity contribution < 1.29 is 17.6 Å². The van der Waals surface area contributed by atoms with E-state index in [9.17, 15) is 8.42 Å². The minimum absolute atomic E-state index is 0.0939.